The average Bonchev–Trinajstić information content (AvgIpc) is 3.06. The maximum absolute atomic E-state index is 11.0. The summed E-state index contributed by atoms with van der Waals surface area (Å²) in [4.78, 5) is 14.2. The zero-order valence-electron chi connectivity index (χ0n) is 13.6. The van der Waals surface area contributed by atoms with Crippen molar-refractivity contribution in [2.45, 2.75) is 26.1 Å². The van der Waals surface area contributed by atoms with E-state index in [1.807, 2.05) is 54.7 Å². The van der Waals surface area contributed by atoms with Crippen molar-refractivity contribution in [3.05, 3.63) is 65.9 Å². The van der Waals surface area contributed by atoms with E-state index in [2.05, 4.69) is 10.3 Å². The molecule has 3 aromatic rings. The Hall–Kier alpha value is -2.79. The first-order chi connectivity index (χ1) is 11.6. The Bertz CT molecular complexity index is 824. The van der Waals surface area contributed by atoms with Crippen LogP contribution in [-0.2, 0) is 17.9 Å². The van der Waals surface area contributed by atoms with Gasteiger partial charge < -0.3 is 20.8 Å². The second-order valence-electron chi connectivity index (χ2n) is 5.84. The summed E-state index contributed by atoms with van der Waals surface area (Å²) in [5.74, 6) is 0.491. The third kappa shape index (κ3) is 3.94. The van der Waals surface area contributed by atoms with Crippen LogP contribution in [0.2, 0.25) is 0 Å². The van der Waals surface area contributed by atoms with E-state index in [1.165, 1.54) is 5.39 Å². The van der Waals surface area contributed by atoms with Gasteiger partial charge in [-0.3, -0.25) is 4.79 Å². The topological polar surface area (TPSA) is 80.1 Å². The van der Waals surface area contributed by atoms with Crippen molar-refractivity contribution in [3.8, 4) is 5.75 Å². The van der Waals surface area contributed by atoms with Crippen molar-refractivity contribution in [1.82, 2.24) is 10.3 Å². The largest absolute Gasteiger partial charge is 0.489 e. The molecule has 124 valence electrons. The second-order valence-corrected chi connectivity index (χ2v) is 5.84. The maximum atomic E-state index is 11.0. The first-order valence-electron chi connectivity index (χ1n) is 7.92. The van der Waals surface area contributed by atoms with Crippen molar-refractivity contribution in [2.24, 2.45) is 5.73 Å². The lowest BCUT2D eigenvalue weighted by molar-refractivity contribution is -0.119. The fourth-order valence-electron chi connectivity index (χ4n) is 2.41. The Kier molecular flexibility index (Phi) is 4.82. The number of ether oxygens (including phenoxy) is 1. The molecule has 1 aromatic heterocycles. The van der Waals surface area contributed by atoms with Crippen LogP contribution in [0.4, 0.5) is 0 Å². The van der Waals surface area contributed by atoms with Gasteiger partial charge in [-0.2, -0.15) is 0 Å². The first kappa shape index (κ1) is 16.1. The number of hydrogen-bond donors (Lipinski definition) is 3. The van der Waals surface area contributed by atoms with Crippen molar-refractivity contribution in [1.29, 1.82) is 0 Å². The number of carbonyl (C=O) groups excluding carboxylic acids is 1. The highest BCUT2D eigenvalue weighted by Crippen LogP contribution is 2.20. The van der Waals surface area contributed by atoms with Gasteiger partial charge >= 0.3 is 0 Å². The van der Waals surface area contributed by atoms with Gasteiger partial charge in [0.1, 0.15) is 12.4 Å². The van der Waals surface area contributed by atoms with Crippen LogP contribution >= 0.6 is 0 Å². The van der Waals surface area contributed by atoms with E-state index < -0.39 is 0 Å². The molecule has 4 N–H and O–H groups in total. The van der Waals surface area contributed by atoms with E-state index in [4.69, 9.17) is 10.5 Å². The molecule has 0 aliphatic carbocycles. The minimum Gasteiger partial charge on any atom is -0.489 e. The van der Waals surface area contributed by atoms with Crippen LogP contribution in [0.1, 0.15) is 18.1 Å². The number of aromatic nitrogens is 1. The van der Waals surface area contributed by atoms with Crippen LogP contribution in [0.5, 0.6) is 5.75 Å². The van der Waals surface area contributed by atoms with E-state index in [0.717, 1.165) is 22.4 Å². The number of primary amides is 1. The predicted molar refractivity (Wildman–Crippen MR) is 94.6 cm³/mol. The van der Waals surface area contributed by atoms with Crippen molar-refractivity contribution >= 4 is 16.8 Å². The van der Waals surface area contributed by atoms with Gasteiger partial charge in [0, 0.05) is 24.3 Å². The lowest BCUT2D eigenvalue weighted by Gasteiger charge is -2.11. The van der Waals surface area contributed by atoms with Gasteiger partial charge in [-0.05, 0) is 41.6 Å². The van der Waals surface area contributed by atoms with Gasteiger partial charge in [-0.15, -0.1) is 0 Å². The summed E-state index contributed by atoms with van der Waals surface area (Å²) in [5.41, 5.74) is 8.48. The van der Waals surface area contributed by atoms with E-state index in [1.54, 1.807) is 6.92 Å². The molecule has 5 nitrogen and oxygen atoms in total. The number of nitrogens with two attached hydrogens (primary N) is 1. The second kappa shape index (κ2) is 7.19. The standard InChI is InChI=1S/C19H21N3O2/c1-13(19(20)23)22-11-14-2-4-15(5-3-14)12-24-17-7-6-16-8-9-21-18(16)10-17/h2-10,13,21-22H,11-12H2,1H3,(H2,20,23)/t13-/m0/s1. The third-order valence-corrected chi connectivity index (χ3v) is 3.99. The molecular formula is C19H21N3O2. The minimum atomic E-state index is -0.348. The van der Waals surface area contributed by atoms with Crippen molar-refractivity contribution in [3.63, 3.8) is 0 Å². The fourth-order valence-corrected chi connectivity index (χ4v) is 2.41. The number of hydrogen-bond acceptors (Lipinski definition) is 3. The number of amides is 1. The number of H-pyrrole nitrogens is 1. The molecule has 2 aromatic carbocycles. The SMILES string of the molecule is C[C@H](NCc1ccc(COc2ccc3cc[nH]c3c2)cc1)C(N)=O. The van der Waals surface area contributed by atoms with E-state index in [9.17, 15) is 4.79 Å². The third-order valence-electron chi connectivity index (χ3n) is 3.99. The summed E-state index contributed by atoms with van der Waals surface area (Å²) in [6.07, 6.45) is 1.92. The highest BCUT2D eigenvalue weighted by Gasteiger charge is 2.07. The zero-order valence-corrected chi connectivity index (χ0v) is 13.6. The quantitative estimate of drug-likeness (QED) is 0.625. The molecular weight excluding hydrogens is 302 g/mol. The lowest BCUT2D eigenvalue weighted by atomic mass is 10.1. The summed E-state index contributed by atoms with van der Waals surface area (Å²) in [5, 5.41) is 4.25. The number of aromatic amines is 1. The monoisotopic (exact) mass is 323 g/mol. The molecule has 1 atom stereocenters. The highest BCUT2D eigenvalue weighted by molar-refractivity contribution is 5.80. The molecule has 0 aliphatic heterocycles. The molecule has 0 aliphatic rings. The van der Waals surface area contributed by atoms with E-state index in [-0.39, 0.29) is 11.9 Å². The van der Waals surface area contributed by atoms with Gasteiger partial charge in [0.2, 0.25) is 5.91 Å². The molecule has 0 fully saturated rings. The number of rotatable bonds is 7. The van der Waals surface area contributed by atoms with Gasteiger partial charge in [0.05, 0.1) is 6.04 Å². The van der Waals surface area contributed by atoms with Gasteiger partial charge in [0.15, 0.2) is 0 Å². The average molecular weight is 323 g/mol. The van der Waals surface area contributed by atoms with Crippen LogP contribution in [0.3, 0.4) is 0 Å². The summed E-state index contributed by atoms with van der Waals surface area (Å²) in [7, 11) is 0. The normalized spacial score (nSPS) is 12.2. The highest BCUT2D eigenvalue weighted by atomic mass is 16.5. The molecule has 0 saturated heterocycles. The Balaban J connectivity index is 1.54. The summed E-state index contributed by atoms with van der Waals surface area (Å²) in [6, 6.07) is 15.8. The Morgan fingerprint density at radius 1 is 1.17 bits per heavy atom. The molecule has 5 heteroatoms. The smallest absolute Gasteiger partial charge is 0.234 e. The molecule has 3 rings (SSSR count). The molecule has 0 saturated carbocycles. The molecule has 0 bridgehead atoms. The predicted octanol–water partition coefficient (Wildman–Crippen LogP) is 2.71. The molecule has 1 heterocycles. The number of nitrogens with one attached hydrogen (secondary N) is 2. The summed E-state index contributed by atoms with van der Waals surface area (Å²) < 4.78 is 5.84. The molecule has 0 radical (unpaired) electrons. The van der Waals surface area contributed by atoms with Crippen molar-refractivity contribution < 1.29 is 9.53 Å². The first-order valence-corrected chi connectivity index (χ1v) is 7.92. The lowest BCUT2D eigenvalue weighted by Crippen LogP contribution is -2.38. The number of fused-ring (bicyclic) bond motifs is 1. The number of carbonyl (C=O) groups is 1. The minimum absolute atomic E-state index is 0.337. The Morgan fingerprint density at radius 3 is 2.67 bits per heavy atom. The molecule has 0 spiro atoms. The summed E-state index contributed by atoms with van der Waals surface area (Å²) >= 11 is 0. The van der Waals surface area contributed by atoms with Crippen molar-refractivity contribution in [2.75, 3.05) is 0 Å². The van der Waals surface area contributed by atoms with Crippen LogP contribution in [-0.4, -0.2) is 16.9 Å². The zero-order chi connectivity index (χ0) is 16.9. The Morgan fingerprint density at radius 2 is 1.92 bits per heavy atom. The molecule has 1 amide bonds. The maximum Gasteiger partial charge on any atom is 0.234 e. The van der Waals surface area contributed by atoms with E-state index >= 15 is 0 Å². The van der Waals surface area contributed by atoms with Gasteiger partial charge in [-0.1, -0.05) is 24.3 Å². The van der Waals surface area contributed by atoms with Crippen LogP contribution in [0.25, 0.3) is 10.9 Å². The molecule has 0 unspecified atom stereocenters. The Labute approximate surface area is 140 Å². The van der Waals surface area contributed by atoms with Gasteiger partial charge in [-0.25, -0.2) is 0 Å². The van der Waals surface area contributed by atoms with E-state index in [0.29, 0.717) is 13.2 Å². The van der Waals surface area contributed by atoms with Crippen LogP contribution < -0.4 is 15.8 Å². The summed E-state index contributed by atoms with van der Waals surface area (Å²) in [6.45, 7) is 2.87. The van der Waals surface area contributed by atoms with Crippen LogP contribution in [0.15, 0.2) is 54.7 Å². The fraction of sp³-hybridized carbons (Fsp3) is 0.211. The molecule has 24 heavy (non-hydrogen) atoms. The van der Waals surface area contributed by atoms with Crippen LogP contribution in [0, 0.1) is 0 Å². The van der Waals surface area contributed by atoms with Gasteiger partial charge in [0.25, 0.3) is 0 Å². The number of benzene rings is 2.